The van der Waals surface area contributed by atoms with Crippen molar-refractivity contribution in [2.24, 2.45) is 0 Å². The molecule has 0 unspecified atom stereocenters. The molecular formula is C34H22N4. The van der Waals surface area contributed by atoms with Gasteiger partial charge in [0.15, 0.2) is 0 Å². The van der Waals surface area contributed by atoms with Crippen LogP contribution in [0, 0.1) is 45.3 Å². The highest BCUT2D eigenvalue weighted by molar-refractivity contribution is 5.88. The summed E-state index contributed by atoms with van der Waals surface area (Å²) in [6, 6.07) is 39.4. The van der Waals surface area contributed by atoms with Gasteiger partial charge in [-0.2, -0.15) is 21.0 Å². The lowest BCUT2D eigenvalue weighted by molar-refractivity contribution is 1.02. The molecule has 0 bridgehead atoms. The Morgan fingerprint density at radius 3 is 1.82 bits per heavy atom. The minimum Gasteiger partial charge on any atom is -0.192 e. The monoisotopic (exact) mass is 486 g/mol. The summed E-state index contributed by atoms with van der Waals surface area (Å²) < 4.78 is 0. The molecule has 0 N–H and O–H groups in total. The molecule has 4 rings (SSSR count). The van der Waals surface area contributed by atoms with Crippen molar-refractivity contribution in [3.63, 3.8) is 0 Å². The molecule has 0 aromatic heterocycles. The van der Waals surface area contributed by atoms with Crippen LogP contribution in [0.25, 0.3) is 28.0 Å². The molecule has 0 aliphatic carbocycles. The van der Waals surface area contributed by atoms with Crippen molar-refractivity contribution < 1.29 is 0 Å². The zero-order chi connectivity index (χ0) is 26.7. The van der Waals surface area contributed by atoms with Crippen LogP contribution in [-0.4, -0.2) is 0 Å². The Hall–Kier alpha value is -5.68. The second-order valence-electron chi connectivity index (χ2n) is 8.60. The SMILES string of the molecule is N#CC(C#N)=C(/C=C/c1ccc2cc(CCC(=C(C#N)C#N)c3ccccc3)ccc2c1)c1ccccc1. The number of hydrogen-bond acceptors (Lipinski definition) is 4. The fraction of sp³-hybridized carbons (Fsp3) is 0.0588. The average Bonchev–Trinajstić information content (AvgIpc) is 2.98. The van der Waals surface area contributed by atoms with E-state index in [2.05, 4.69) is 24.3 Å². The van der Waals surface area contributed by atoms with E-state index >= 15 is 0 Å². The first kappa shape index (κ1) is 25.4. The van der Waals surface area contributed by atoms with Crippen molar-refractivity contribution >= 4 is 28.0 Å². The molecule has 0 heterocycles. The molecule has 0 saturated heterocycles. The largest absolute Gasteiger partial charge is 0.192 e. The van der Waals surface area contributed by atoms with E-state index in [4.69, 9.17) is 0 Å². The van der Waals surface area contributed by atoms with Gasteiger partial charge in [0.05, 0.1) is 0 Å². The second-order valence-corrected chi connectivity index (χ2v) is 8.60. The molecule has 0 radical (unpaired) electrons. The quantitative estimate of drug-likeness (QED) is 0.197. The normalized spacial score (nSPS) is 10.1. The summed E-state index contributed by atoms with van der Waals surface area (Å²) in [5.74, 6) is 0. The van der Waals surface area contributed by atoms with E-state index in [9.17, 15) is 21.0 Å². The highest BCUT2D eigenvalue weighted by Crippen LogP contribution is 2.27. The summed E-state index contributed by atoms with van der Waals surface area (Å²) in [5, 5.41) is 39.9. The van der Waals surface area contributed by atoms with Crippen molar-refractivity contribution in [1.82, 2.24) is 0 Å². The zero-order valence-electron chi connectivity index (χ0n) is 20.6. The molecule has 0 aliphatic heterocycles. The van der Waals surface area contributed by atoms with E-state index in [0.717, 1.165) is 38.6 Å². The number of allylic oxidation sites excluding steroid dienone is 5. The van der Waals surface area contributed by atoms with Crippen molar-refractivity contribution in [3.8, 4) is 24.3 Å². The van der Waals surface area contributed by atoms with E-state index in [0.29, 0.717) is 18.4 Å². The van der Waals surface area contributed by atoms with E-state index in [-0.39, 0.29) is 11.1 Å². The average molecular weight is 487 g/mol. The van der Waals surface area contributed by atoms with Crippen molar-refractivity contribution in [2.45, 2.75) is 12.8 Å². The summed E-state index contributed by atoms with van der Waals surface area (Å²) >= 11 is 0. The summed E-state index contributed by atoms with van der Waals surface area (Å²) in [6.45, 7) is 0. The highest BCUT2D eigenvalue weighted by atomic mass is 14.3. The Kier molecular flexibility index (Phi) is 8.25. The summed E-state index contributed by atoms with van der Waals surface area (Å²) in [7, 11) is 0. The number of nitriles is 4. The summed E-state index contributed by atoms with van der Waals surface area (Å²) in [5.41, 5.74) is 5.33. The first-order chi connectivity index (χ1) is 18.7. The fourth-order valence-corrected chi connectivity index (χ4v) is 4.32. The van der Waals surface area contributed by atoms with Gasteiger partial charge >= 0.3 is 0 Å². The third-order valence-electron chi connectivity index (χ3n) is 6.26. The van der Waals surface area contributed by atoms with Crippen LogP contribution in [0.1, 0.15) is 28.7 Å². The maximum absolute atomic E-state index is 9.45. The van der Waals surface area contributed by atoms with Crippen LogP contribution in [0.2, 0.25) is 0 Å². The minimum atomic E-state index is 0.0674. The standard InChI is InChI=1S/C34H22N4/c35-21-31(22-36)33(27-7-3-1-4-8-27)17-13-25-11-15-30-20-26(12-16-29(30)19-25)14-18-34(32(23-37)24-38)28-9-5-2-6-10-28/h1-13,15-17,19-20H,14,18H2/b17-13+. The van der Waals surface area contributed by atoms with Crippen LogP contribution in [0.5, 0.6) is 0 Å². The number of hydrogen-bond donors (Lipinski definition) is 0. The highest BCUT2D eigenvalue weighted by Gasteiger charge is 2.10. The van der Waals surface area contributed by atoms with Gasteiger partial charge in [0.1, 0.15) is 35.4 Å². The number of fused-ring (bicyclic) bond motifs is 1. The zero-order valence-corrected chi connectivity index (χ0v) is 20.6. The number of aryl methyl sites for hydroxylation is 1. The van der Waals surface area contributed by atoms with E-state index in [1.807, 2.05) is 109 Å². The van der Waals surface area contributed by atoms with Crippen molar-refractivity contribution in [2.75, 3.05) is 0 Å². The smallest absolute Gasteiger partial charge is 0.137 e. The van der Waals surface area contributed by atoms with E-state index in [1.54, 1.807) is 0 Å². The van der Waals surface area contributed by atoms with Gasteiger partial charge in [-0.15, -0.1) is 0 Å². The molecule has 4 aromatic carbocycles. The molecular weight excluding hydrogens is 464 g/mol. The number of nitrogens with zero attached hydrogens (tertiary/aromatic N) is 4. The third kappa shape index (κ3) is 5.93. The van der Waals surface area contributed by atoms with E-state index < -0.39 is 0 Å². The van der Waals surface area contributed by atoms with Crippen LogP contribution in [0.4, 0.5) is 0 Å². The second kappa shape index (κ2) is 12.3. The van der Waals surface area contributed by atoms with Gasteiger partial charge in [-0.05, 0) is 57.5 Å². The Labute approximate surface area is 222 Å². The first-order valence-electron chi connectivity index (χ1n) is 12.1. The first-order valence-corrected chi connectivity index (χ1v) is 12.1. The van der Waals surface area contributed by atoms with Crippen LogP contribution >= 0.6 is 0 Å². The van der Waals surface area contributed by atoms with Gasteiger partial charge in [0.2, 0.25) is 0 Å². The predicted octanol–water partition coefficient (Wildman–Crippen LogP) is 7.79. The van der Waals surface area contributed by atoms with E-state index in [1.165, 1.54) is 0 Å². The van der Waals surface area contributed by atoms with Crippen molar-refractivity contribution in [1.29, 1.82) is 21.0 Å². The fourth-order valence-electron chi connectivity index (χ4n) is 4.32. The molecule has 0 spiro atoms. The molecule has 4 heteroatoms. The van der Waals surface area contributed by atoms with Crippen molar-refractivity contribution in [3.05, 3.63) is 137 Å². The van der Waals surface area contributed by atoms with Gasteiger partial charge in [-0.3, -0.25) is 0 Å². The van der Waals surface area contributed by atoms with Gasteiger partial charge in [0, 0.05) is 5.57 Å². The lowest BCUT2D eigenvalue weighted by atomic mass is 9.93. The Balaban J connectivity index is 1.58. The Bertz CT molecular complexity index is 1700. The van der Waals surface area contributed by atoms with Crippen LogP contribution in [0.3, 0.4) is 0 Å². The molecule has 178 valence electrons. The minimum absolute atomic E-state index is 0.0674. The molecule has 0 atom stereocenters. The van der Waals surface area contributed by atoms with Gasteiger partial charge in [-0.1, -0.05) is 103 Å². The van der Waals surface area contributed by atoms with Crippen LogP contribution in [0.15, 0.2) is 114 Å². The molecule has 38 heavy (non-hydrogen) atoms. The molecule has 4 nitrogen and oxygen atoms in total. The molecule has 0 saturated carbocycles. The molecule has 0 amide bonds. The molecule has 0 fully saturated rings. The number of rotatable bonds is 7. The maximum atomic E-state index is 9.45. The predicted molar refractivity (Wildman–Crippen MR) is 150 cm³/mol. The lowest BCUT2D eigenvalue weighted by Crippen LogP contribution is -1.94. The topological polar surface area (TPSA) is 95.2 Å². The maximum Gasteiger partial charge on any atom is 0.137 e. The van der Waals surface area contributed by atoms with Gasteiger partial charge in [0.25, 0.3) is 0 Å². The Morgan fingerprint density at radius 2 is 1.18 bits per heavy atom. The molecule has 0 aliphatic rings. The van der Waals surface area contributed by atoms with Gasteiger partial charge in [-0.25, -0.2) is 0 Å². The lowest BCUT2D eigenvalue weighted by Gasteiger charge is -2.09. The number of benzene rings is 4. The van der Waals surface area contributed by atoms with Gasteiger partial charge < -0.3 is 0 Å². The summed E-state index contributed by atoms with van der Waals surface area (Å²) in [6.07, 6.45) is 5.01. The summed E-state index contributed by atoms with van der Waals surface area (Å²) in [4.78, 5) is 0. The van der Waals surface area contributed by atoms with Crippen LogP contribution in [-0.2, 0) is 6.42 Å². The third-order valence-corrected chi connectivity index (χ3v) is 6.26. The molecule has 4 aromatic rings. The van der Waals surface area contributed by atoms with Crippen LogP contribution < -0.4 is 0 Å². The Morgan fingerprint density at radius 1 is 0.605 bits per heavy atom.